The molecule has 0 radical (unpaired) electrons. The van der Waals surface area contributed by atoms with E-state index in [2.05, 4.69) is 0 Å². The third-order valence-electron chi connectivity index (χ3n) is 10.5. The van der Waals surface area contributed by atoms with Crippen molar-refractivity contribution in [3.63, 3.8) is 0 Å². The first-order chi connectivity index (χ1) is 27.7. The third-order valence-corrected chi connectivity index (χ3v) is 10.5. The lowest BCUT2D eigenvalue weighted by atomic mass is 9.97. The summed E-state index contributed by atoms with van der Waals surface area (Å²) >= 11 is 0. The van der Waals surface area contributed by atoms with Gasteiger partial charge < -0.3 is 52.1 Å². The lowest BCUT2D eigenvalue weighted by molar-refractivity contribution is -0.337. The molecule has 0 spiro atoms. The zero-order chi connectivity index (χ0) is 39.2. The van der Waals surface area contributed by atoms with Crippen molar-refractivity contribution in [3.05, 3.63) is 144 Å². The van der Waals surface area contributed by atoms with Crippen LogP contribution in [0.2, 0.25) is 0 Å². The van der Waals surface area contributed by atoms with Crippen LogP contribution in [0.4, 0.5) is 0 Å². The molecule has 0 aliphatic carbocycles. The van der Waals surface area contributed by atoms with Gasteiger partial charge in [0.15, 0.2) is 24.2 Å². The lowest BCUT2D eigenvalue weighted by Crippen LogP contribution is -2.62. The Morgan fingerprint density at radius 1 is 0.421 bits per heavy atom. The smallest absolute Gasteiger partial charge is 0.190 e. The normalized spacial score (nSPS) is 31.4. The SMILES string of the molecule is CC1(C)OC2C3OC(C)(C)O[C@H]3C(CO[C@H]3OC(COCc4ccccc4)[C@H](OCc4ccccc4)C(OCc4ccccc4)C3OCc3ccccc3)O[C@@H]2O1. The van der Waals surface area contributed by atoms with Crippen LogP contribution < -0.4 is 0 Å². The highest BCUT2D eigenvalue weighted by Crippen LogP contribution is 2.44. The third kappa shape index (κ3) is 10.2. The molecule has 8 rings (SSSR count). The Morgan fingerprint density at radius 2 is 0.877 bits per heavy atom. The molecule has 10 atom stereocenters. The first kappa shape index (κ1) is 40.2. The second-order valence-electron chi connectivity index (χ2n) is 15.9. The van der Waals surface area contributed by atoms with Crippen LogP contribution in [0.15, 0.2) is 121 Å². The molecule has 4 aromatic carbocycles. The summed E-state index contributed by atoms with van der Waals surface area (Å²) in [5.41, 5.74) is 4.08. The molecule has 11 nitrogen and oxygen atoms in total. The van der Waals surface area contributed by atoms with Crippen molar-refractivity contribution in [1.82, 2.24) is 0 Å². The van der Waals surface area contributed by atoms with E-state index in [9.17, 15) is 0 Å². The van der Waals surface area contributed by atoms with Crippen LogP contribution in [0.1, 0.15) is 49.9 Å². The summed E-state index contributed by atoms with van der Waals surface area (Å²) in [4.78, 5) is 0. The Morgan fingerprint density at radius 3 is 1.44 bits per heavy atom. The van der Waals surface area contributed by atoms with Crippen molar-refractivity contribution in [2.45, 2.75) is 127 Å². The molecule has 6 unspecified atom stereocenters. The quantitative estimate of drug-likeness (QED) is 0.116. The van der Waals surface area contributed by atoms with E-state index in [0.717, 1.165) is 22.3 Å². The van der Waals surface area contributed by atoms with Crippen LogP contribution in [-0.4, -0.2) is 86.2 Å². The topological polar surface area (TPSA) is 102 Å². The predicted octanol–water partition coefficient (Wildman–Crippen LogP) is 7.10. The molecule has 57 heavy (non-hydrogen) atoms. The minimum absolute atomic E-state index is 0.0853. The summed E-state index contributed by atoms with van der Waals surface area (Å²) in [6.45, 7) is 9.15. The monoisotopic (exact) mass is 782 g/mol. The van der Waals surface area contributed by atoms with E-state index in [1.54, 1.807) is 0 Å². The van der Waals surface area contributed by atoms with E-state index in [-0.39, 0.29) is 13.2 Å². The molecule has 11 heteroatoms. The van der Waals surface area contributed by atoms with Gasteiger partial charge in [-0.1, -0.05) is 121 Å². The predicted molar refractivity (Wildman–Crippen MR) is 208 cm³/mol. The Bertz CT molecular complexity index is 1810. The van der Waals surface area contributed by atoms with Crippen LogP contribution in [0, 0.1) is 0 Å². The van der Waals surface area contributed by atoms with Crippen molar-refractivity contribution < 1.29 is 52.1 Å². The molecule has 0 saturated carbocycles. The molecular weight excluding hydrogens is 728 g/mol. The van der Waals surface area contributed by atoms with Gasteiger partial charge in [0, 0.05) is 0 Å². The minimum Gasteiger partial charge on any atom is -0.374 e. The molecule has 4 heterocycles. The number of hydrogen-bond acceptors (Lipinski definition) is 11. The van der Waals surface area contributed by atoms with Crippen molar-refractivity contribution in [1.29, 1.82) is 0 Å². The maximum absolute atomic E-state index is 6.91. The number of fused-ring (bicyclic) bond motifs is 3. The molecule has 4 aliphatic rings. The number of hydrogen-bond donors (Lipinski definition) is 0. The Labute approximate surface area is 335 Å². The minimum atomic E-state index is -0.913. The Kier molecular flexibility index (Phi) is 12.8. The van der Waals surface area contributed by atoms with Gasteiger partial charge in [-0.2, -0.15) is 0 Å². The molecule has 0 N–H and O–H groups in total. The summed E-state index contributed by atoms with van der Waals surface area (Å²) in [5.74, 6) is -1.70. The molecule has 4 aromatic rings. The average molecular weight is 783 g/mol. The van der Waals surface area contributed by atoms with E-state index in [1.165, 1.54) is 0 Å². The van der Waals surface area contributed by atoms with Crippen molar-refractivity contribution >= 4 is 0 Å². The molecule has 0 bridgehead atoms. The molecular formula is C46H54O11. The van der Waals surface area contributed by atoms with Gasteiger partial charge >= 0.3 is 0 Å². The van der Waals surface area contributed by atoms with Crippen molar-refractivity contribution in [3.8, 4) is 0 Å². The van der Waals surface area contributed by atoms with Crippen LogP contribution in [0.3, 0.4) is 0 Å². The second-order valence-corrected chi connectivity index (χ2v) is 15.9. The summed E-state index contributed by atoms with van der Waals surface area (Å²) < 4.78 is 72.3. The fourth-order valence-corrected chi connectivity index (χ4v) is 7.90. The van der Waals surface area contributed by atoms with Crippen molar-refractivity contribution in [2.24, 2.45) is 0 Å². The highest BCUT2D eigenvalue weighted by molar-refractivity contribution is 5.16. The number of ether oxygens (including phenoxy) is 11. The van der Waals surface area contributed by atoms with Gasteiger partial charge in [0.1, 0.15) is 48.8 Å². The first-order valence-corrected chi connectivity index (χ1v) is 19.9. The van der Waals surface area contributed by atoms with Gasteiger partial charge in [-0.3, -0.25) is 0 Å². The van der Waals surface area contributed by atoms with Gasteiger partial charge in [-0.05, 0) is 49.9 Å². The standard InChI is InChI=1S/C46H54O11/c1-45(2)54-38-36(53-44-42(40(38)55-45)56-46(3,4)57-44)30-51-43-41(50-28-34-23-15-8-16-24-34)39(49-27-33-21-13-7-14-22-33)37(48-26-32-19-11-6-12-20-32)35(52-43)29-47-25-31-17-9-5-10-18-31/h5-24,35-44H,25-30H2,1-4H3/t35?,36?,37-,38-,39?,40?,41?,42?,43-,44+/m0/s1. The van der Waals surface area contributed by atoms with Gasteiger partial charge in [-0.15, -0.1) is 0 Å². The van der Waals surface area contributed by atoms with Crippen LogP contribution in [0.5, 0.6) is 0 Å². The van der Waals surface area contributed by atoms with Crippen molar-refractivity contribution in [2.75, 3.05) is 13.2 Å². The fraction of sp³-hybridized carbons (Fsp3) is 0.478. The molecule has 0 amide bonds. The fourth-order valence-electron chi connectivity index (χ4n) is 7.90. The zero-order valence-electron chi connectivity index (χ0n) is 33.1. The number of benzene rings is 4. The molecule has 4 aliphatic heterocycles. The van der Waals surface area contributed by atoms with Gasteiger partial charge in [0.2, 0.25) is 0 Å². The first-order valence-electron chi connectivity index (χ1n) is 19.9. The highest BCUT2D eigenvalue weighted by Gasteiger charge is 2.61. The maximum atomic E-state index is 6.91. The highest BCUT2D eigenvalue weighted by atomic mass is 16.9. The maximum Gasteiger partial charge on any atom is 0.190 e. The molecule has 4 saturated heterocycles. The van der Waals surface area contributed by atoms with Gasteiger partial charge in [0.05, 0.1) is 39.6 Å². The van der Waals surface area contributed by atoms with Gasteiger partial charge in [0.25, 0.3) is 0 Å². The summed E-state index contributed by atoms with van der Waals surface area (Å²) in [6.07, 6.45) is -6.08. The zero-order valence-corrected chi connectivity index (χ0v) is 33.1. The Balaban J connectivity index is 1.09. The molecule has 304 valence electrons. The van der Waals surface area contributed by atoms with E-state index < -0.39 is 73.0 Å². The lowest BCUT2D eigenvalue weighted by Gasteiger charge is -2.46. The molecule has 4 fully saturated rings. The van der Waals surface area contributed by atoms with Crippen LogP contribution in [0.25, 0.3) is 0 Å². The Hall–Kier alpha value is -3.56. The van der Waals surface area contributed by atoms with E-state index in [0.29, 0.717) is 26.4 Å². The van der Waals surface area contributed by atoms with E-state index in [1.807, 2.05) is 149 Å². The summed E-state index contributed by atoms with van der Waals surface area (Å²) in [6, 6.07) is 40.2. The molecule has 0 aromatic heterocycles. The number of rotatable bonds is 16. The van der Waals surface area contributed by atoms with Crippen LogP contribution >= 0.6 is 0 Å². The second kappa shape index (κ2) is 18.1. The summed E-state index contributed by atoms with van der Waals surface area (Å²) in [5, 5.41) is 0. The van der Waals surface area contributed by atoms with E-state index >= 15 is 0 Å². The van der Waals surface area contributed by atoms with E-state index in [4.69, 9.17) is 52.1 Å². The van der Waals surface area contributed by atoms with Gasteiger partial charge in [-0.25, -0.2) is 0 Å². The average Bonchev–Trinajstić information content (AvgIpc) is 3.73. The summed E-state index contributed by atoms with van der Waals surface area (Å²) in [7, 11) is 0. The van der Waals surface area contributed by atoms with Crippen LogP contribution in [-0.2, 0) is 78.5 Å². The largest absolute Gasteiger partial charge is 0.374 e.